The third kappa shape index (κ3) is 1.99. The van der Waals surface area contributed by atoms with Crippen LogP contribution in [-0.4, -0.2) is 24.7 Å². The predicted molar refractivity (Wildman–Crippen MR) is 79.6 cm³/mol. The fourth-order valence-electron chi connectivity index (χ4n) is 2.32. The summed E-state index contributed by atoms with van der Waals surface area (Å²) in [4.78, 5) is 12.6. The molecule has 0 amide bonds. The van der Waals surface area contributed by atoms with E-state index in [2.05, 4.69) is 28.9 Å². The number of aromatic amines is 1. The average molecular weight is 269 g/mol. The molecule has 0 aromatic carbocycles. The molecule has 3 rings (SSSR count). The van der Waals surface area contributed by atoms with E-state index in [1.54, 1.807) is 0 Å². The fourth-order valence-corrected chi connectivity index (χ4v) is 2.32. The smallest absolute Gasteiger partial charge is 0.177 e. The van der Waals surface area contributed by atoms with Gasteiger partial charge in [0.25, 0.3) is 0 Å². The summed E-state index contributed by atoms with van der Waals surface area (Å²) in [6.45, 7) is 8.31. The van der Waals surface area contributed by atoms with Crippen LogP contribution in [0.1, 0.15) is 37.7 Å². The molecule has 20 heavy (non-hydrogen) atoms. The lowest BCUT2D eigenvalue weighted by Crippen LogP contribution is -2.06. The van der Waals surface area contributed by atoms with Gasteiger partial charge in [0, 0.05) is 5.69 Å². The minimum absolute atomic E-state index is 0.341. The maximum Gasteiger partial charge on any atom is 0.177 e. The van der Waals surface area contributed by atoms with Gasteiger partial charge in [-0.15, -0.1) is 0 Å². The first-order valence-electron chi connectivity index (χ1n) is 6.99. The van der Waals surface area contributed by atoms with Crippen molar-refractivity contribution in [2.24, 2.45) is 0 Å². The minimum atomic E-state index is 0.341. The molecule has 0 aliphatic heterocycles. The van der Waals surface area contributed by atoms with Gasteiger partial charge in [-0.1, -0.05) is 13.0 Å². The zero-order valence-electron chi connectivity index (χ0n) is 12.3. The summed E-state index contributed by atoms with van der Waals surface area (Å²) in [6.07, 6.45) is 1.03. The highest BCUT2D eigenvalue weighted by atomic mass is 15.3. The molecule has 3 aromatic rings. The fraction of sp³-hybridized carbons (Fsp3) is 0.400. The largest absolute Gasteiger partial charge is 0.334 e. The van der Waals surface area contributed by atoms with E-state index in [-0.39, 0.29) is 0 Å². The van der Waals surface area contributed by atoms with E-state index in [0.29, 0.717) is 6.04 Å². The molecule has 0 saturated carbocycles. The average Bonchev–Trinajstić information content (AvgIpc) is 2.99. The van der Waals surface area contributed by atoms with Gasteiger partial charge in [0.05, 0.1) is 11.7 Å². The van der Waals surface area contributed by atoms with Crippen LogP contribution in [0.5, 0.6) is 0 Å². The predicted octanol–water partition coefficient (Wildman–Crippen LogP) is 3.41. The summed E-state index contributed by atoms with van der Waals surface area (Å²) in [5.74, 6) is 0.807. The molecular formula is C15H19N5. The molecule has 0 saturated heterocycles. The molecule has 0 spiro atoms. The Kier molecular flexibility index (Phi) is 3.04. The summed E-state index contributed by atoms with van der Waals surface area (Å²) in [5.41, 5.74) is 4.75. The van der Waals surface area contributed by atoms with Crippen molar-refractivity contribution < 1.29 is 0 Å². The SMILES string of the molecule is CC[C@H](C)n1nc(C)c2[nH]c(-c3cccc(C)n3)nc21. The third-order valence-corrected chi connectivity index (χ3v) is 3.66. The highest BCUT2D eigenvalue weighted by molar-refractivity contribution is 5.78. The second kappa shape index (κ2) is 4.74. The summed E-state index contributed by atoms with van der Waals surface area (Å²) in [5, 5.41) is 4.58. The molecule has 3 heterocycles. The molecule has 0 aliphatic rings. The molecule has 1 atom stereocenters. The number of H-pyrrole nitrogens is 1. The molecule has 0 radical (unpaired) electrons. The zero-order valence-corrected chi connectivity index (χ0v) is 12.3. The number of hydrogen-bond acceptors (Lipinski definition) is 3. The van der Waals surface area contributed by atoms with Gasteiger partial charge >= 0.3 is 0 Å². The Morgan fingerprint density at radius 2 is 2.05 bits per heavy atom. The molecule has 0 unspecified atom stereocenters. The second-order valence-electron chi connectivity index (χ2n) is 5.24. The van der Waals surface area contributed by atoms with Crippen molar-refractivity contribution in [2.45, 2.75) is 40.2 Å². The van der Waals surface area contributed by atoms with Crippen molar-refractivity contribution in [1.29, 1.82) is 0 Å². The number of pyridine rings is 1. The van der Waals surface area contributed by atoms with E-state index in [1.165, 1.54) is 0 Å². The van der Waals surface area contributed by atoms with E-state index in [9.17, 15) is 0 Å². The van der Waals surface area contributed by atoms with Gasteiger partial charge < -0.3 is 4.98 Å². The number of aryl methyl sites for hydroxylation is 2. The van der Waals surface area contributed by atoms with Gasteiger partial charge in [0.15, 0.2) is 11.5 Å². The summed E-state index contributed by atoms with van der Waals surface area (Å²) in [7, 11) is 0. The molecular weight excluding hydrogens is 250 g/mol. The lowest BCUT2D eigenvalue weighted by Gasteiger charge is -2.08. The van der Waals surface area contributed by atoms with Crippen molar-refractivity contribution in [1.82, 2.24) is 24.7 Å². The van der Waals surface area contributed by atoms with Crippen molar-refractivity contribution in [3.63, 3.8) is 0 Å². The summed E-state index contributed by atoms with van der Waals surface area (Å²) < 4.78 is 2.00. The van der Waals surface area contributed by atoms with Crippen molar-refractivity contribution in [3.05, 3.63) is 29.6 Å². The maximum atomic E-state index is 4.70. The van der Waals surface area contributed by atoms with Crippen molar-refractivity contribution in [2.75, 3.05) is 0 Å². The highest BCUT2D eigenvalue weighted by Crippen LogP contribution is 2.24. The van der Waals surface area contributed by atoms with Crippen LogP contribution in [0, 0.1) is 13.8 Å². The molecule has 0 bridgehead atoms. The number of fused-ring (bicyclic) bond motifs is 1. The van der Waals surface area contributed by atoms with Gasteiger partial charge in [0.2, 0.25) is 0 Å². The quantitative estimate of drug-likeness (QED) is 0.792. The standard InChI is InChI=1S/C15H19N5/c1-5-10(3)20-15-13(11(4)19-20)17-14(18-15)12-8-6-7-9(2)16-12/h6-8,10H,5H2,1-4H3,(H,17,18)/t10-/m0/s1. The van der Waals surface area contributed by atoms with Crippen LogP contribution in [-0.2, 0) is 0 Å². The van der Waals surface area contributed by atoms with Gasteiger partial charge in [-0.05, 0) is 39.3 Å². The Balaban J connectivity index is 2.16. The van der Waals surface area contributed by atoms with Crippen LogP contribution in [0.2, 0.25) is 0 Å². The van der Waals surface area contributed by atoms with Gasteiger partial charge in [-0.3, -0.25) is 0 Å². The summed E-state index contributed by atoms with van der Waals surface area (Å²) in [6, 6.07) is 6.30. The minimum Gasteiger partial charge on any atom is -0.334 e. The van der Waals surface area contributed by atoms with Crippen LogP contribution in [0.3, 0.4) is 0 Å². The number of nitrogens with zero attached hydrogens (tertiary/aromatic N) is 4. The molecule has 5 nitrogen and oxygen atoms in total. The van der Waals surface area contributed by atoms with Crippen LogP contribution in [0.15, 0.2) is 18.2 Å². The molecule has 104 valence electrons. The molecule has 3 aromatic heterocycles. The van der Waals surface area contributed by atoms with Crippen LogP contribution in [0.25, 0.3) is 22.7 Å². The van der Waals surface area contributed by atoms with Crippen molar-refractivity contribution >= 4 is 11.2 Å². The van der Waals surface area contributed by atoms with Crippen LogP contribution >= 0.6 is 0 Å². The lowest BCUT2D eigenvalue weighted by atomic mass is 10.3. The lowest BCUT2D eigenvalue weighted by molar-refractivity contribution is 0.487. The molecule has 1 N–H and O–H groups in total. The maximum absolute atomic E-state index is 4.70. The van der Waals surface area contributed by atoms with Crippen LogP contribution < -0.4 is 0 Å². The Hall–Kier alpha value is -2.17. The Labute approximate surface area is 118 Å². The van der Waals surface area contributed by atoms with Gasteiger partial charge in [-0.2, -0.15) is 5.10 Å². The molecule has 0 fully saturated rings. The van der Waals surface area contributed by atoms with E-state index in [4.69, 9.17) is 4.98 Å². The van der Waals surface area contributed by atoms with E-state index in [0.717, 1.165) is 40.5 Å². The monoisotopic (exact) mass is 269 g/mol. The molecule has 5 heteroatoms. The van der Waals surface area contributed by atoms with Gasteiger partial charge in [0.1, 0.15) is 11.2 Å². The normalized spacial score (nSPS) is 13.0. The number of nitrogens with one attached hydrogen (secondary N) is 1. The Bertz CT molecular complexity index is 753. The topological polar surface area (TPSA) is 59.4 Å². The van der Waals surface area contributed by atoms with E-state index in [1.807, 2.05) is 36.7 Å². The first-order chi connectivity index (χ1) is 9.60. The Morgan fingerprint density at radius 3 is 2.75 bits per heavy atom. The van der Waals surface area contributed by atoms with Gasteiger partial charge in [-0.25, -0.2) is 14.6 Å². The number of rotatable bonds is 3. The zero-order chi connectivity index (χ0) is 14.3. The third-order valence-electron chi connectivity index (χ3n) is 3.66. The second-order valence-corrected chi connectivity index (χ2v) is 5.24. The molecule has 0 aliphatic carbocycles. The first kappa shape index (κ1) is 12.8. The Morgan fingerprint density at radius 1 is 1.25 bits per heavy atom. The number of imidazole rings is 1. The van der Waals surface area contributed by atoms with E-state index >= 15 is 0 Å². The summed E-state index contributed by atoms with van der Waals surface area (Å²) >= 11 is 0. The number of hydrogen-bond donors (Lipinski definition) is 1. The number of aromatic nitrogens is 5. The first-order valence-corrected chi connectivity index (χ1v) is 6.99. The van der Waals surface area contributed by atoms with E-state index < -0.39 is 0 Å². The van der Waals surface area contributed by atoms with Crippen LogP contribution in [0.4, 0.5) is 0 Å². The highest BCUT2D eigenvalue weighted by Gasteiger charge is 2.17. The van der Waals surface area contributed by atoms with Crippen molar-refractivity contribution in [3.8, 4) is 11.5 Å².